The maximum atomic E-state index is 2.89. The van der Waals surface area contributed by atoms with Crippen LogP contribution in [0.25, 0.3) is 38.0 Å². The summed E-state index contributed by atoms with van der Waals surface area (Å²) in [5.41, 5.74) is 3.72. The van der Waals surface area contributed by atoms with Gasteiger partial charge in [-0.3, -0.25) is 0 Å². The molecule has 3 heteroatoms. The molecule has 0 saturated heterocycles. The van der Waals surface area contributed by atoms with Crippen LogP contribution in [0, 0.1) is 0 Å². The quantitative estimate of drug-likeness (QED) is 0.293. The Hall–Kier alpha value is -1.94. The van der Waals surface area contributed by atoms with Crippen LogP contribution in [0.4, 0.5) is 0 Å². The second kappa shape index (κ2) is 4.78. The van der Waals surface area contributed by atoms with Crippen LogP contribution in [-0.2, 0) is 0 Å². The van der Waals surface area contributed by atoms with Gasteiger partial charge in [0, 0.05) is 21.6 Å². The summed E-state index contributed by atoms with van der Waals surface area (Å²) in [4.78, 5) is 0. The SMILES string of the molecule is Pc1cc(P)n2c3ccccc3c3c4ccccc4ccc3c12. The summed E-state index contributed by atoms with van der Waals surface area (Å²) >= 11 is 0. The van der Waals surface area contributed by atoms with Gasteiger partial charge in [0.25, 0.3) is 0 Å². The minimum Gasteiger partial charge on any atom is -0.309 e. The Kier molecular flexibility index (Phi) is 2.80. The molecular formula is C20H15NP2. The first-order valence-electron chi connectivity index (χ1n) is 7.64. The van der Waals surface area contributed by atoms with Gasteiger partial charge in [0.2, 0.25) is 0 Å². The average molecular weight is 331 g/mol. The summed E-state index contributed by atoms with van der Waals surface area (Å²) in [6, 6.07) is 24.0. The van der Waals surface area contributed by atoms with Gasteiger partial charge in [-0.25, -0.2) is 0 Å². The van der Waals surface area contributed by atoms with Gasteiger partial charge in [0.1, 0.15) is 0 Å². The molecule has 0 amide bonds. The predicted molar refractivity (Wildman–Crippen MR) is 109 cm³/mol. The number of hydrogen-bond donors (Lipinski definition) is 0. The third-order valence-electron chi connectivity index (χ3n) is 4.66. The van der Waals surface area contributed by atoms with Crippen LogP contribution in [-0.4, -0.2) is 4.40 Å². The molecular weight excluding hydrogens is 316 g/mol. The summed E-state index contributed by atoms with van der Waals surface area (Å²) in [6.07, 6.45) is 0. The van der Waals surface area contributed by atoms with Crippen LogP contribution in [0.3, 0.4) is 0 Å². The molecule has 2 atom stereocenters. The lowest BCUT2D eigenvalue weighted by Gasteiger charge is -2.13. The molecule has 0 N–H and O–H groups in total. The van der Waals surface area contributed by atoms with E-state index in [0.29, 0.717) is 0 Å². The van der Waals surface area contributed by atoms with E-state index in [4.69, 9.17) is 0 Å². The number of fused-ring (bicyclic) bond motifs is 8. The van der Waals surface area contributed by atoms with Crippen molar-refractivity contribution < 1.29 is 0 Å². The fourth-order valence-electron chi connectivity index (χ4n) is 3.73. The lowest BCUT2D eigenvalue weighted by Crippen LogP contribution is -2.02. The lowest BCUT2D eigenvalue weighted by atomic mass is 9.98. The Morgan fingerprint density at radius 1 is 0.696 bits per heavy atom. The summed E-state index contributed by atoms with van der Waals surface area (Å²) in [7, 11) is 5.76. The number of benzene rings is 3. The highest BCUT2D eigenvalue weighted by Crippen LogP contribution is 2.34. The van der Waals surface area contributed by atoms with E-state index in [2.05, 4.69) is 89.6 Å². The molecule has 2 aromatic heterocycles. The highest BCUT2D eigenvalue weighted by atomic mass is 31.0. The summed E-state index contributed by atoms with van der Waals surface area (Å²) < 4.78 is 2.35. The van der Waals surface area contributed by atoms with Crippen molar-refractivity contribution in [3.63, 3.8) is 0 Å². The zero-order chi connectivity index (χ0) is 15.6. The maximum absolute atomic E-state index is 2.89. The molecule has 110 valence electrons. The fraction of sp³-hybridized carbons (Fsp3) is 0. The van der Waals surface area contributed by atoms with E-state index in [-0.39, 0.29) is 0 Å². The van der Waals surface area contributed by atoms with Crippen molar-refractivity contribution in [1.29, 1.82) is 0 Å². The lowest BCUT2D eigenvalue weighted by molar-refractivity contribution is 1.34. The van der Waals surface area contributed by atoms with E-state index in [0.717, 1.165) is 0 Å². The Morgan fingerprint density at radius 3 is 2.30 bits per heavy atom. The van der Waals surface area contributed by atoms with Crippen LogP contribution in [0.5, 0.6) is 0 Å². The number of para-hydroxylation sites is 1. The monoisotopic (exact) mass is 331 g/mol. The van der Waals surface area contributed by atoms with Gasteiger partial charge in [0.05, 0.1) is 11.0 Å². The topological polar surface area (TPSA) is 4.41 Å². The molecule has 0 aliphatic heterocycles. The van der Waals surface area contributed by atoms with Crippen LogP contribution in [0.2, 0.25) is 0 Å². The number of aromatic nitrogens is 1. The molecule has 0 spiro atoms. The minimum atomic E-state index is 1.19. The second-order valence-electron chi connectivity index (χ2n) is 5.93. The molecule has 0 bridgehead atoms. The predicted octanol–water partition coefficient (Wildman–Crippen LogP) is 4.40. The van der Waals surface area contributed by atoms with Crippen molar-refractivity contribution in [3.8, 4) is 0 Å². The van der Waals surface area contributed by atoms with Crippen LogP contribution >= 0.6 is 18.5 Å². The van der Waals surface area contributed by atoms with Gasteiger partial charge >= 0.3 is 0 Å². The highest BCUT2D eigenvalue weighted by Gasteiger charge is 2.14. The molecule has 0 radical (unpaired) electrons. The highest BCUT2D eigenvalue weighted by molar-refractivity contribution is 7.30. The number of pyridine rings is 1. The third kappa shape index (κ3) is 1.75. The molecule has 1 nitrogen and oxygen atoms in total. The Balaban J connectivity index is 2.26. The van der Waals surface area contributed by atoms with E-state index in [1.807, 2.05) is 0 Å². The smallest absolute Gasteiger partial charge is 0.0613 e. The summed E-state index contributed by atoms with van der Waals surface area (Å²) in [5, 5.41) is 7.80. The van der Waals surface area contributed by atoms with E-state index >= 15 is 0 Å². The van der Waals surface area contributed by atoms with Gasteiger partial charge < -0.3 is 4.40 Å². The van der Waals surface area contributed by atoms with Crippen molar-refractivity contribution in [2.24, 2.45) is 0 Å². The molecule has 0 aliphatic rings. The van der Waals surface area contributed by atoms with Crippen molar-refractivity contribution >= 4 is 67.2 Å². The number of nitrogens with zero attached hydrogens (tertiary/aromatic N) is 1. The molecule has 0 saturated carbocycles. The third-order valence-corrected chi connectivity index (χ3v) is 5.52. The van der Waals surface area contributed by atoms with E-state index in [1.165, 1.54) is 48.7 Å². The first-order valence-corrected chi connectivity index (χ1v) is 8.80. The molecule has 0 fully saturated rings. The van der Waals surface area contributed by atoms with E-state index < -0.39 is 0 Å². The molecule has 3 aromatic carbocycles. The Morgan fingerprint density at radius 2 is 1.43 bits per heavy atom. The first kappa shape index (κ1) is 13.5. The minimum absolute atomic E-state index is 1.19. The summed E-state index contributed by atoms with van der Waals surface area (Å²) in [6.45, 7) is 0. The van der Waals surface area contributed by atoms with E-state index in [1.54, 1.807) is 0 Å². The number of hydrogen-bond acceptors (Lipinski definition) is 0. The Labute approximate surface area is 138 Å². The fourth-order valence-corrected chi connectivity index (χ4v) is 4.82. The van der Waals surface area contributed by atoms with Gasteiger partial charge in [-0.2, -0.15) is 0 Å². The molecule has 0 aliphatic carbocycles. The van der Waals surface area contributed by atoms with Crippen LogP contribution in [0.15, 0.2) is 66.7 Å². The molecule has 2 unspecified atom stereocenters. The molecule has 5 aromatic rings. The summed E-state index contributed by atoms with van der Waals surface area (Å²) in [5.74, 6) is 0. The van der Waals surface area contributed by atoms with Crippen molar-refractivity contribution in [1.82, 2.24) is 4.40 Å². The largest absolute Gasteiger partial charge is 0.309 e. The molecule has 5 rings (SSSR count). The van der Waals surface area contributed by atoms with Gasteiger partial charge in [-0.15, -0.1) is 9.24 Å². The number of rotatable bonds is 0. The van der Waals surface area contributed by atoms with Crippen LogP contribution in [0.1, 0.15) is 0 Å². The van der Waals surface area contributed by atoms with Gasteiger partial charge in [0.15, 0.2) is 0 Å². The van der Waals surface area contributed by atoms with Gasteiger partial charge in [-0.1, -0.05) is 63.8 Å². The maximum Gasteiger partial charge on any atom is 0.0613 e. The van der Waals surface area contributed by atoms with Crippen LogP contribution < -0.4 is 10.7 Å². The zero-order valence-corrected chi connectivity index (χ0v) is 14.8. The van der Waals surface area contributed by atoms with Crippen molar-refractivity contribution in [2.45, 2.75) is 0 Å². The normalized spacial score (nSPS) is 11.9. The Bertz CT molecular complexity index is 1230. The second-order valence-corrected chi connectivity index (χ2v) is 7.15. The average Bonchev–Trinajstić information content (AvgIpc) is 2.89. The molecule has 2 heterocycles. The van der Waals surface area contributed by atoms with Crippen molar-refractivity contribution in [3.05, 3.63) is 66.7 Å². The molecule has 23 heavy (non-hydrogen) atoms. The first-order chi connectivity index (χ1) is 11.3. The van der Waals surface area contributed by atoms with E-state index in [9.17, 15) is 0 Å². The zero-order valence-electron chi connectivity index (χ0n) is 12.5. The standard InChI is InChI=1S/C20H15NP2/c22-17-11-18(23)21-16-8-4-3-7-14(16)19-13-6-2-1-5-12(13)9-10-15(19)20(17)21/h1-11H,22-23H2. The van der Waals surface area contributed by atoms with Crippen molar-refractivity contribution in [2.75, 3.05) is 0 Å². The van der Waals surface area contributed by atoms with Gasteiger partial charge in [-0.05, 0) is 28.2 Å².